The number of H-pyrrole nitrogens is 1. The van der Waals surface area contributed by atoms with Crippen LogP contribution in [-0.2, 0) is 6.54 Å². The molecule has 0 amide bonds. The number of aromatic nitrogens is 3. The maximum absolute atomic E-state index is 5.57. The molecular formula is C14H14N4. The highest BCUT2D eigenvalue weighted by Crippen LogP contribution is 2.22. The molecule has 0 spiro atoms. The van der Waals surface area contributed by atoms with Gasteiger partial charge in [0.15, 0.2) is 5.82 Å². The maximum Gasteiger partial charge on any atom is 0.156 e. The standard InChI is InChI=1S/C14H14N4/c1-9-6-13(14-16-8-10(7-15)17-14)18-12-5-3-2-4-11(9)12/h2-6,8H,7,15H2,1H3,(H,16,17). The summed E-state index contributed by atoms with van der Waals surface area (Å²) in [5.74, 6) is 0.768. The zero-order valence-corrected chi connectivity index (χ0v) is 10.1. The van der Waals surface area contributed by atoms with E-state index in [2.05, 4.69) is 27.9 Å². The predicted molar refractivity (Wildman–Crippen MR) is 72.0 cm³/mol. The molecule has 0 unspecified atom stereocenters. The lowest BCUT2D eigenvalue weighted by atomic mass is 10.1. The number of nitrogens with one attached hydrogen (secondary N) is 1. The summed E-state index contributed by atoms with van der Waals surface area (Å²) in [6, 6.07) is 10.1. The zero-order chi connectivity index (χ0) is 12.5. The minimum atomic E-state index is 0.458. The van der Waals surface area contributed by atoms with Gasteiger partial charge in [-0.05, 0) is 24.6 Å². The molecule has 18 heavy (non-hydrogen) atoms. The number of imidazole rings is 1. The zero-order valence-electron chi connectivity index (χ0n) is 10.1. The van der Waals surface area contributed by atoms with Crippen molar-refractivity contribution in [3.8, 4) is 11.5 Å². The lowest BCUT2D eigenvalue weighted by molar-refractivity contribution is 1.01. The summed E-state index contributed by atoms with van der Waals surface area (Å²) in [7, 11) is 0. The fourth-order valence-electron chi connectivity index (χ4n) is 2.06. The Morgan fingerprint density at radius 1 is 1.28 bits per heavy atom. The summed E-state index contributed by atoms with van der Waals surface area (Å²) in [6.45, 7) is 2.54. The summed E-state index contributed by atoms with van der Waals surface area (Å²) in [5, 5.41) is 1.17. The van der Waals surface area contributed by atoms with Crippen LogP contribution in [0.4, 0.5) is 0 Å². The molecule has 4 heteroatoms. The maximum atomic E-state index is 5.57. The van der Waals surface area contributed by atoms with Gasteiger partial charge in [0, 0.05) is 23.8 Å². The normalized spacial score (nSPS) is 11.0. The van der Waals surface area contributed by atoms with Gasteiger partial charge in [-0.1, -0.05) is 18.2 Å². The van der Waals surface area contributed by atoms with E-state index < -0.39 is 0 Å². The number of hydrogen-bond acceptors (Lipinski definition) is 3. The Hall–Kier alpha value is -2.20. The van der Waals surface area contributed by atoms with Crippen LogP contribution in [-0.4, -0.2) is 15.0 Å². The Bertz CT molecular complexity index is 700. The molecule has 2 heterocycles. The first-order chi connectivity index (χ1) is 8.78. The fourth-order valence-corrected chi connectivity index (χ4v) is 2.06. The second kappa shape index (κ2) is 4.23. The Morgan fingerprint density at radius 2 is 2.11 bits per heavy atom. The van der Waals surface area contributed by atoms with E-state index in [-0.39, 0.29) is 0 Å². The minimum absolute atomic E-state index is 0.458. The average molecular weight is 238 g/mol. The molecule has 0 atom stereocenters. The molecule has 90 valence electrons. The summed E-state index contributed by atoms with van der Waals surface area (Å²) < 4.78 is 0. The van der Waals surface area contributed by atoms with Crippen molar-refractivity contribution in [2.45, 2.75) is 13.5 Å². The van der Waals surface area contributed by atoms with Crippen molar-refractivity contribution in [2.24, 2.45) is 5.73 Å². The number of fused-ring (bicyclic) bond motifs is 1. The van der Waals surface area contributed by atoms with Gasteiger partial charge in [-0.2, -0.15) is 0 Å². The molecule has 0 saturated heterocycles. The highest BCUT2D eigenvalue weighted by Gasteiger charge is 2.07. The van der Waals surface area contributed by atoms with E-state index >= 15 is 0 Å². The molecule has 2 aromatic heterocycles. The number of pyridine rings is 1. The van der Waals surface area contributed by atoms with Gasteiger partial charge in [0.2, 0.25) is 0 Å². The third-order valence-electron chi connectivity index (χ3n) is 3.01. The van der Waals surface area contributed by atoms with Crippen LogP contribution < -0.4 is 5.73 Å². The highest BCUT2D eigenvalue weighted by molar-refractivity contribution is 5.84. The van der Waals surface area contributed by atoms with E-state index in [4.69, 9.17) is 5.73 Å². The van der Waals surface area contributed by atoms with Crippen molar-refractivity contribution >= 4 is 10.9 Å². The topological polar surface area (TPSA) is 67.6 Å². The van der Waals surface area contributed by atoms with Crippen LogP contribution in [0.15, 0.2) is 36.5 Å². The number of nitrogens with two attached hydrogens (primary N) is 1. The van der Waals surface area contributed by atoms with Crippen LogP contribution in [0.2, 0.25) is 0 Å². The van der Waals surface area contributed by atoms with Crippen molar-refractivity contribution in [1.82, 2.24) is 15.0 Å². The molecule has 0 aliphatic heterocycles. The number of para-hydroxylation sites is 1. The monoisotopic (exact) mass is 238 g/mol. The van der Waals surface area contributed by atoms with Crippen LogP contribution in [0.5, 0.6) is 0 Å². The Kier molecular flexibility index (Phi) is 2.57. The lowest BCUT2D eigenvalue weighted by Gasteiger charge is -2.04. The third kappa shape index (κ3) is 1.76. The van der Waals surface area contributed by atoms with Crippen LogP contribution >= 0.6 is 0 Å². The van der Waals surface area contributed by atoms with Gasteiger partial charge in [-0.3, -0.25) is 0 Å². The number of aryl methyl sites for hydroxylation is 1. The number of aromatic amines is 1. The van der Waals surface area contributed by atoms with Gasteiger partial charge in [0.05, 0.1) is 5.52 Å². The molecule has 1 aromatic carbocycles. The molecule has 3 aromatic rings. The van der Waals surface area contributed by atoms with E-state index in [0.717, 1.165) is 22.7 Å². The minimum Gasteiger partial charge on any atom is -0.339 e. The number of hydrogen-bond donors (Lipinski definition) is 2. The van der Waals surface area contributed by atoms with E-state index in [1.54, 1.807) is 6.20 Å². The van der Waals surface area contributed by atoms with Crippen molar-refractivity contribution in [3.05, 3.63) is 47.8 Å². The first-order valence-corrected chi connectivity index (χ1v) is 5.88. The second-order valence-corrected chi connectivity index (χ2v) is 4.30. The number of benzene rings is 1. The van der Waals surface area contributed by atoms with E-state index in [1.165, 1.54) is 10.9 Å². The smallest absolute Gasteiger partial charge is 0.156 e. The van der Waals surface area contributed by atoms with Gasteiger partial charge < -0.3 is 10.7 Å². The molecule has 0 saturated carbocycles. The Labute approximate surface area is 105 Å². The fraction of sp³-hybridized carbons (Fsp3) is 0.143. The van der Waals surface area contributed by atoms with Gasteiger partial charge in [0.25, 0.3) is 0 Å². The van der Waals surface area contributed by atoms with Crippen LogP contribution in [0.3, 0.4) is 0 Å². The molecule has 0 bridgehead atoms. The van der Waals surface area contributed by atoms with Crippen molar-refractivity contribution < 1.29 is 0 Å². The lowest BCUT2D eigenvalue weighted by Crippen LogP contribution is -1.96. The second-order valence-electron chi connectivity index (χ2n) is 4.30. The highest BCUT2D eigenvalue weighted by atomic mass is 15.0. The predicted octanol–water partition coefficient (Wildman–Crippen LogP) is 2.39. The van der Waals surface area contributed by atoms with Crippen molar-refractivity contribution in [2.75, 3.05) is 0 Å². The Morgan fingerprint density at radius 3 is 2.89 bits per heavy atom. The average Bonchev–Trinajstić information content (AvgIpc) is 2.87. The van der Waals surface area contributed by atoms with E-state index in [1.807, 2.05) is 24.3 Å². The quantitative estimate of drug-likeness (QED) is 0.720. The molecule has 0 fully saturated rings. The van der Waals surface area contributed by atoms with Crippen molar-refractivity contribution in [3.63, 3.8) is 0 Å². The van der Waals surface area contributed by atoms with Crippen LogP contribution in [0, 0.1) is 6.92 Å². The first kappa shape index (κ1) is 10.9. The SMILES string of the molecule is Cc1cc(-c2ncc(CN)[nH]2)nc2ccccc12. The molecule has 4 nitrogen and oxygen atoms in total. The van der Waals surface area contributed by atoms with Crippen molar-refractivity contribution in [1.29, 1.82) is 0 Å². The molecule has 0 radical (unpaired) electrons. The van der Waals surface area contributed by atoms with Gasteiger partial charge in [-0.15, -0.1) is 0 Å². The van der Waals surface area contributed by atoms with Gasteiger partial charge in [0.1, 0.15) is 5.69 Å². The van der Waals surface area contributed by atoms with E-state index in [9.17, 15) is 0 Å². The molecule has 0 aliphatic carbocycles. The first-order valence-electron chi connectivity index (χ1n) is 5.88. The molecule has 3 rings (SSSR count). The molecule has 0 aliphatic rings. The third-order valence-corrected chi connectivity index (χ3v) is 3.01. The molecular weight excluding hydrogens is 224 g/mol. The van der Waals surface area contributed by atoms with Gasteiger partial charge in [-0.25, -0.2) is 9.97 Å². The number of nitrogens with zero attached hydrogens (tertiary/aromatic N) is 2. The molecule has 3 N–H and O–H groups in total. The largest absolute Gasteiger partial charge is 0.339 e. The van der Waals surface area contributed by atoms with Crippen LogP contribution in [0.1, 0.15) is 11.3 Å². The van der Waals surface area contributed by atoms with Crippen LogP contribution in [0.25, 0.3) is 22.4 Å². The summed E-state index contributed by atoms with van der Waals surface area (Å²) in [5.41, 5.74) is 9.52. The van der Waals surface area contributed by atoms with E-state index in [0.29, 0.717) is 6.54 Å². The number of rotatable bonds is 2. The summed E-state index contributed by atoms with van der Waals surface area (Å²) in [4.78, 5) is 12.1. The Balaban J connectivity index is 2.18. The summed E-state index contributed by atoms with van der Waals surface area (Å²) in [6.07, 6.45) is 1.75. The summed E-state index contributed by atoms with van der Waals surface area (Å²) >= 11 is 0. The van der Waals surface area contributed by atoms with Gasteiger partial charge >= 0.3 is 0 Å².